The van der Waals surface area contributed by atoms with E-state index in [1.54, 1.807) is 0 Å². The van der Waals surface area contributed by atoms with Gasteiger partial charge in [-0.05, 0) is 29.8 Å². The molecule has 2 aromatic carbocycles. The van der Waals surface area contributed by atoms with Crippen molar-refractivity contribution >= 4 is 27.6 Å². The summed E-state index contributed by atoms with van der Waals surface area (Å²) in [6.07, 6.45) is 1.43. The Bertz CT molecular complexity index is 1110. The molecule has 0 spiro atoms. The normalized spacial score (nSPS) is 11.1. The van der Waals surface area contributed by atoms with E-state index in [1.807, 2.05) is 30.3 Å². The fourth-order valence-electron chi connectivity index (χ4n) is 2.37. The quantitative estimate of drug-likeness (QED) is 0.542. The molecular weight excluding hydrogens is 398 g/mol. The fourth-order valence-corrected chi connectivity index (χ4v) is 2.89. The summed E-state index contributed by atoms with van der Waals surface area (Å²) in [6, 6.07) is 14.8. The Hall–Kier alpha value is -3.57. The van der Waals surface area contributed by atoms with E-state index in [1.165, 1.54) is 35.1 Å². The third kappa shape index (κ3) is 5.70. The van der Waals surface area contributed by atoms with Crippen LogP contribution in [0.2, 0.25) is 0 Å². The first-order chi connectivity index (χ1) is 13.8. The number of nitrogens with zero attached hydrogens (tertiary/aromatic N) is 3. The van der Waals surface area contributed by atoms with Gasteiger partial charge in [-0.15, -0.1) is 5.10 Å². The van der Waals surface area contributed by atoms with Crippen molar-refractivity contribution < 1.29 is 22.7 Å². The third-order valence-electron chi connectivity index (χ3n) is 3.74. The van der Waals surface area contributed by atoms with E-state index < -0.39 is 28.5 Å². The standard InChI is InChI=1S/C18H17N5O5S/c19-29(26,27)15-8-6-14(7-9-15)20-17(24)12-28-18(25)16-11-23(22-21-16)10-13-4-2-1-3-5-13/h1-9,11H,10,12H2,(H,20,24)(H2,19,26,27). The van der Waals surface area contributed by atoms with Crippen LogP contribution in [0.4, 0.5) is 5.69 Å². The number of rotatable bonds is 7. The van der Waals surface area contributed by atoms with Crippen molar-refractivity contribution in [3.63, 3.8) is 0 Å². The number of hydrogen-bond donors (Lipinski definition) is 2. The molecule has 10 nitrogen and oxygen atoms in total. The van der Waals surface area contributed by atoms with Crippen molar-refractivity contribution in [2.75, 3.05) is 11.9 Å². The van der Waals surface area contributed by atoms with E-state index in [4.69, 9.17) is 9.88 Å². The first-order valence-corrected chi connectivity index (χ1v) is 9.90. The number of esters is 1. The molecule has 3 aromatic rings. The van der Waals surface area contributed by atoms with Crippen LogP contribution in [-0.4, -0.2) is 41.9 Å². The molecule has 0 atom stereocenters. The molecule has 29 heavy (non-hydrogen) atoms. The van der Waals surface area contributed by atoms with Crippen LogP contribution in [0.5, 0.6) is 0 Å². The maximum Gasteiger partial charge on any atom is 0.361 e. The molecule has 1 aromatic heterocycles. The van der Waals surface area contributed by atoms with E-state index in [9.17, 15) is 18.0 Å². The zero-order valence-electron chi connectivity index (χ0n) is 15.1. The number of primary sulfonamides is 1. The van der Waals surface area contributed by atoms with Gasteiger partial charge in [-0.2, -0.15) is 0 Å². The van der Waals surface area contributed by atoms with E-state index in [0.29, 0.717) is 12.2 Å². The van der Waals surface area contributed by atoms with Gasteiger partial charge in [0, 0.05) is 5.69 Å². The van der Waals surface area contributed by atoms with E-state index in [2.05, 4.69) is 15.6 Å². The van der Waals surface area contributed by atoms with Gasteiger partial charge < -0.3 is 10.1 Å². The number of carbonyl (C=O) groups excluding carboxylic acids is 2. The molecule has 0 bridgehead atoms. The number of ether oxygens (including phenoxy) is 1. The molecule has 0 radical (unpaired) electrons. The lowest BCUT2D eigenvalue weighted by Crippen LogP contribution is -2.21. The van der Waals surface area contributed by atoms with Gasteiger partial charge in [0.15, 0.2) is 12.3 Å². The Morgan fingerprint density at radius 1 is 1.07 bits per heavy atom. The molecular formula is C18H17N5O5S. The van der Waals surface area contributed by atoms with Gasteiger partial charge >= 0.3 is 5.97 Å². The summed E-state index contributed by atoms with van der Waals surface area (Å²) in [4.78, 5) is 23.8. The zero-order chi connectivity index (χ0) is 20.9. The Morgan fingerprint density at radius 2 is 1.76 bits per heavy atom. The van der Waals surface area contributed by atoms with Gasteiger partial charge in [0.2, 0.25) is 10.0 Å². The van der Waals surface area contributed by atoms with Crippen molar-refractivity contribution in [1.29, 1.82) is 0 Å². The minimum absolute atomic E-state index is 0.0220. The summed E-state index contributed by atoms with van der Waals surface area (Å²) in [5.41, 5.74) is 1.30. The number of anilines is 1. The molecule has 3 rings (SSSR count). The molecule has 0 unspecified atom stereocenters. The van der Waals surface area contributed by atoms with Gasteiger partial charge in [0.1, 0.15) is 0 Å². The van der Waals surface area contributed by atoms with E-state index in [0.717, 1.165) is 5.56 Å². The molecule has 0 saturated carbocycles. The second-order valence-corrected chi connectivity index (χ2v) is 7.54. The fraction of sp³-hybridized carbons (Fsp3) is 0.111. The summed E-state index contributed by atoms with van der Waals surface area (Å²) in [5.74, 6) is -1.39. The summed E-state index contributed by atoms with van der Waals surface area (Å²) < 4.78 is 28.8. The topological polar surface area (TPSA) is 146 Å². The first kappa shape index (κ1) is 20.2. The summed E-state index contributed by atoms with van der Waals surface area (Å²) in [7, 11) is -3.82. The van der Waals surface area contributed by atoms with Gasteiger partial charge in [-0.25, -0.2) is 23.0 Å². The molecule has 1 heterocycles. The number of sulfonamides is 1. The van der Waals surface area contributed by atoms with Gasteiger partial charge in [-0.3, -0.25) is 4.79 Å². The monoisotopic (exact) mass is 415 g/mol. The lowest BCUT2D eigenvalue weighted by molar-refractivity contribution is -0.119. The van der Waals surface area contributed by atoms with E-state index >= 15 is 0 Å². The molecule has 0 fully saturated rings. The Morgan fingerprint density at radius 3 is 2.41 bits per heavy atom. The summed E-state index contributed by atoms with van der Waals surface area (Å²) in [6.45, 7) is -0.0998. The Labute approximate surface area is 166 Å². The van der Waals surface area contributed by atoms with Crippen LogP contribution in [0, 0.1) is 0 Å². The number of nitrogens with two attached hydrogens (primary N) is 1. The lowest BCUT2D eigenvalue weighted by Gasteiger charge is -2.06. The number of aromatic nitrogens is 3. The van der Waals surface area contributed by atoms with Crippen molar-refractivity contribution in [3.05, 3.63) is 72.1 Å². The average molecular weight is 415 g/mol. The smallest absolute Gasteiger partial charge is 0.361 e. The number of amides is 1. The SMILES string of the molecule is NS(=O)(=O)c1ccc(NC(=O)COC(=O)c2cn(Cc3ccccc3)nn2)cc1. The van der Waals surface area contributed by atoms with Gasteiger partial charge in [0.25, 0.3) is 5.91 Å². The average Bonchev–Trinajstić information content (AvgIpc) is 3.15. The number of carbonyl (C=O) groups is 2. The van der Waals surface area contributed by atoms with Gasteiger partial charge in [-0.1, -0.05) is 35.5 Å². The molecule has 0 aliphatic rings. The summed E-state index contributed by atoms with van der Waals surface area (Å²) >= 11 is 0. The molecule has 0 aliphatic heterocycles. The maximum absolute atomic E-state index is 12.0. The zero-order valence-corrected chi connectivity index (χ0v) is 15.9. The van der Waals surface area contributed by atoms with Crippen LogP contribution in [0.3, 0.4) is 0 Å². The minimum Gasteiger partial charge on any atom is -0.451 e. The number of nitrogens with one attached hydrogen (secondary N) is 1. The molecule has 11 heteroatoms. The highest BCUT2D eigenvalue weighted by Crippen LogP contribution is 2.12. The van der Waals surface area contributed by atoms with Crippen LogP contribution in [-0.2, 0) is 26.1 Å². The predicted octanol–water partition coefficient (Wildman–Crippen LogP) is 0.769. The van der Waals surface area contributed by atoms with Crippen LogP contribution in [0.1, 0.15) is 16.1 Å². The van der Waals surface area contributed by atoms with Crippen LogP contribution < -0.4 is 10.5 Å². The Kier molecular flexibility index (Phi) is 6.00. The second kappa shape index (κ2) is 8.63. The summed E-state index contributed by atoms with van der Waals surface area (Å²) in [5, 5.41) is 15.1. The highest BCUT2D eigenvalue weighted by atomic mass is 32.2. The molecule has 0 aliphatic carbocycles. The van der Waals surface area contributed by atoms with Crippen LogP contribution >= 0.6 is 0 Å². The molecule has 1 amide bonds. The predicted molar refractivity (Wildman–Crippen MR) is 102 cm³/mol. The molecule has 3 N–H and O–H groups in total. The number of hydrogen-bond acceptors (Lipinski definition) is 7. The maximum atomic E-state index is 12.0. The van der Waals surface area contributed by atoms with Gasteiger partial charge in [0.05, 0.1) is 17.6 Å². The largest absolute Gasteiger partial charge is 0.451 e. The van der Waals surface area contributed by atoms with E-state index in [-0.39, 0.29) is 10.6 Å². The van der Waals surface area contributed by atoms with Crippen LogP contribution in [0.15, 0.2) is 65.7 Å². The van der Waals surface area contributed by atoms with Crippen LogP contribution in [0.25, 0.3) is 0 Å². The van der Waals surface area contributed by atoms with Crippen molar-refractivity contribution in [3.8, 4) is 0 Å². The first-order valence-electron chi connectivity index (χ1n) is 8.35. The molecule has 0 saturated heterocycles. The highest BCUT2D eigenvalue weighted by molar-refractivity contribution is 7.89. The highest BCUT2D eigenvalue weighted by Gasteiger charge is 2.15. The minimum atomic E-state index is -3.82. The second-order valence-electron chi connectivity index (χ2n) is 5.98. The van der Waals surface area contributed by atoms with Crippen molar-refractivity contribution in [2.45, 2.75) is 11.4 Å². The van der Waals surface area contributed by atoms with Crippen molar-refractivity contribution in [1.82, 2.24) is 15.0 Å². The molecule has 150 valence electrons. The Balaban J connectivity index is 1.51. The number of benzene rings is 2. The third-order valence-corrected chi connectivity index (χ3v) is 4.67. The van der Waals surface area contributed by atoms with Crippen molar-refractivity contribution in [2.24, 2.45) is 5.14 Å². The lowest BCUT2D eigenvalue weighted by atomic mass is 10.2.